The minimum atomic E-state index is -0.435. The quantitative estimate of drug-likeness (QED) is 0.323. The van der Waals surface area contributed by atoms with Crippen LogP contribution in [0, 0.1) is 0 Å². The first kappa shape index (κ1) is 25.2. The van der Waals surface area contributed by atoms with Crippen LogP contribution in [-0.2, 0) is 9.59 Å². The Hall–Kier alpha value is -4.46. The van der Waals surface area contributed by atoms with Gasteiger partial charge in [0.25, 0.3) is 0 Å². The first-order chi connectivity index (χ1) is 18.4. The lowest BCUT2D eigenvalue weighted by Gasteiger charge is -2.30. The Balaban J connectivity index is 1.58. The van der Waals surface area contributed by atoms with Crippen molar-refractivity contribution in [3.63, 3.8) is 0 Å². The highest BCUT2D eigenvalue weighted by atomic mass is 16.6. The molecular formula is C30H30N2O6. The van der Waals surface area contributed by atoms with Crippen molar-refractivity contribution < 1.29 is 28.5 Å². The van der Waals surface area contributed by atoms with Crippen LogP contribution in [-0.4, -0.2) is 33.1 Å². The molecule has 0 spiro atoms. The van der Waals surface area contributed by atoms with Crippen LogP contribution in [0.5, 0.6) is 23.0 Å². The maximum Gasteiger partial charge on any atom is 0.308 e. The van der Waals surface area contributed by atoms with Crippen LogP contribution < -0.4 is 29.6 Å². The number of carbonyl (C=O) groups is 2. The fraction of sp³-hybridized carbons (Fsp3) is 0.267. The van der Waals surface area contributed by atoms with E-state index in [2.05, 4.69) is 10.6 Å². The van der Waals surface area contributed by atoms with Gasteiger partial charge in [0, 0.05) is 24.6 Å². The normalized spacial score (nSPS) is 18.3. The van der Waals surface area contributed by atoms with Gasteiger partial charge < -0.3 is 29.6 Å². The first-order valence-corrected chi connectivity index (χ1v) is 12.4. The van der Waals surface area contributed by atoms with Gasteiger partial charge in [-0.05, 0) is 59.9 Å². The molecule has 1 aliphatic carbocycles. The largest absolute Gasteiger partial charge is 0.493 e. The minimum Gasteiger partial charge on any atom is -0.493 e. The van der Waals surface area contributed by atoms with Crippen molar-refractivity contribution in [3.8, 4) is 23.0 Å². The second kappa shape index (κ2) is 10.5. The molecule has 0 radical (unpaired) electrons. The highest BCUT2D eigenvalue weighted by Crippen LogP contribution is 2.46. The van der Waals surface area contributed by atoms with E-state index in [1.165, 1.54) is 14.0 Å². The maximum absolute atomic E-state index is 13.8. The van der Waals surface area contributed by atoms with Crippen LogP contribution in [0.4, 0.5) is 11.4 Å². The number of Topliss-reactive ketones (excluding diaryl/α,β-unsaturated/α-hetero) is 1. The fourth-order valence-electron chi connectivity index (χ4n) is 5.19. The average Bonchev–Trinajstić information content (AvgIpc) is 3.09. The molecule has 0 saturated carbocycles. The van der Waals surface area contributed by atoms with Gasteiger partial charge in [0.2, 0.25) is 0 Å². The van der Waals surface area contributed by atoms with Crippen molar-refractivity contribution in [2.24, 2.45) is 0 Å². The lowest BCUT2D eigenvalue weighted by Crippen LogP contribution is -2.27. The number of methoxy groups -OCH3 is 3. The monoisotopic (exact) mass is 514 g/mol. The Bertz CT molecular complexity index is 1430. The molecule has 1 heterocycles. The van der Waals surface area contributed by atoms with E-state index in [0.717, 1.165) is 28.2 Å². The van der Waals surface area contributed by atoms with E-state index in [-0.39, 0.29) is 11.7 Å². The molecule has 0 bridgehead atoms. The predicted molar refractivity (Wildman–Crippen MR) is 144 cm³/mol. The number of fused-ring (bicyclic) bond motifs is 1. The van der Waals surface area contributed by atoms with Crippen molar-refractivity contribution >= 4 is 23.1 Å². The number of hydrogen-bond acceptors (Lipinski definition) is 8. The smallest absolute Gasteiger partial charge is 0.308 e. The number of benzene rings is 3. The molecule has 3 aromatic rings. The SMILES string of the molecule is COc1ccc([C@H]2CC(=O)C3=C(C2)Nc2ccccc2N[C@@H]3c2ccc(OC(C)=O)c(OC)c2)cc1OC. The average molecular weight is 515 g/mol. The summed E-state index contributed by atoms with van der Waals surface area (Å²) in [6.07, 6.45) is 0.999. The third kappa shape index (κ3) is 4.77. The molecule has 0 fully saturated rings. The molecule has 0 amide bonds. The second-order valence-corrected chi connectivity index (χ2v) is 9.29. The number of anilines is 2. The van der Waals surface area contributed by atoms with Crippen molar-refractivity contribution in [1.82, 2.24) is 0 Å². The van der Waals surface area contributed by atoms with Gasteiger partial charge in [0.05, 0.1) is 38.7 Å². The molecular weight excluding hydrogens is 484 g/mol. The zero-order valence-corrected chi connectivity index (χ0v) is 21.8. The summed E-state index contributed by atoms with van der Waals surface area (Å²) >= 11 is 0. The molecule has 0 saturated heterocycles. The molecule has 1 aliphatic heterocycles. The number of carbonyl (C=O) groups excluding carboxylic acids is 2. The van der Waals surface area contributed by atoms with Crippen molar-refractivity contribution in [1.29, 1.82) is 0 Å². The number of esters is 1. The van der Waals surface area contributed by atoms with E-state index in [1.54, 1.807) is 20.3 Å². The van der Waals surface area contributed by atoms with Gasteiger partial charge in [-0.25, -0.2) is 0 Å². The third-order valence-electron chi connectivity index (χ3n) is 6.96. The number of nitrogens with one attached hydrogen (secondary N) is 2. The fourth-order valence-corrected chi connectivity index (χ4v) is 5.19. The summed E-state index contributed by atoms with van der Waals surface area (Å²) in [5.41, 5.74) is 5.16. The van der Waals surface area contributed by atoms with Crippen molar-refractivity contribution in [3.05, 3.63) is 83.1 Å². The lowest BCUT2D eigenvalue weighted by molar-refractivity contribution is -0.132. The summed E-state index contributed by atoms with van der Waals surface area (Å²) in [6.45, 7) is 1.34. The van der Waals surface area contributed by atoms with E-state index in [9.17, 15) is 9.59 Å². The summed E-state index contributed by atoms with van der Waals surface area (Å²) < 4.78 is 21.7. The second-order valence-electron chi connectivity index (χ2n) is 9.29. The van der Waals surface area contributed by atoms with Crippen molar-refractivity contribution in [2.45, 2.75) is 31.7 Å². The van der Waals surface area contributed by atoms with Gasteiger partial charge in [0.15, 0.2) is 28.8 Å². The Kier molecular flexibility index (Phi) is 6.96. The molecule has 0 unspecified atom stereocenters. The molecule has 8 nitrogen and oxygen atoms in total. The zero-order valence-electron chi connectivity index (χ0n) is 21.8. The number of allylic oxidation sites excluding steroid dienone is 1. The van der Waals surface area contributed by atoms with Gasteiger partial charge in [-0.15, -0.1) is 0 Å². The zero-order chi connectivity index (χ0) is 26.8. The van der Waals surface area contributed by atoms with Gasteiger partial charge in [-0.1, -0.05) is 24.3 Å². The minimum absolute atomic E-state index is 0.0275. The van der Waals surface area contributed by atoms with Crippen LogP contribution in [0.2, 0.25) is 0 Å². The van der Waals surface area contributed by atoms with Crippen LogP contribution in [0.3, 0.4) is 0 Å². The number of ketones is 1. The van der Waals surface area contributed by atoms with Crippen LogP contribution in [0.25, 0.3) is 0 Å². The lowest BCUT2D eigenvalue weighted by atomic mass is 9.78. The number of ether oxygens (including phenoxy) is 4. The van der Waals surface area contributed by atoms with E-state index in [1.807, 2.05) is 54.6 Å². The van der Waals surface area contributed by atoms with E-state index in [0.29, 0.717) is 41.4 Å². The number of hydrogen-bond donors (Lipinski definition) is 2. The van der Waals surface area contributed by atoms with Crippen LogP contribution >= 0.6 is 0 Å². The topological polar surface area (TPSA) is 95.1 Å². The maximum atomic E-state index is 13.8. The molecule has 3 aromatic carbocycles. The first-order valence-electron chi connectivity index (χ1n) is 12.4. The number of para-hydroxylation sites is 2. The van der Waals surface area contributed by atoms with Gasteiger partial charge in [-0.2, -0.15) is 0 Å². The summed E-state index contributed by atoms with van der Waals surface area (Å²) in [4.78, 5) is 25.4. The summed E-state index contributed by atoms with van der Waals surface area (Å²) in [6, 6.07) is 18.6. The van der Waals surface area contributed by atoms with Gasteiger partial charge in [0.1, 0.15) is 0 Å². The summed E-state index contributed by atoms with van der Waals surface area (Å²) in [5.74, 6) is 1.61. The number of rotatable bonds is 6. The third-order valence-corrected chi connectivity index (χ3v) is 6.96. The predicted octanol–water partition coefficient (Wildman–Crippen LogP) is 5.62. The summed E-state index contributed by atoms with van der Waals surface area (Å²) in [7, 11) is 4.73. The van der Waals surface area contributed by atoms with Gasteiger partial charge >= 0.3 is 5.97 Å². The molecule has 196 valence electrons. The molecule has 8 heteroatoms. The van der Waals surface area contributed by atoms with E-state index >= 15 is 0 Å². The Morgan fingerprint density at radius 2 is 1.42 bits per heavy atom. The summed E-state index contributed by atoms with van der Waals surface area (Å²) in [5, 5.41) is 7.11. The Morgan fingerprint density at radius 3 is 2.13 bits per heavy atom. The molecule has 0 aromatic heterocycles. The highest BCUT2D eigenvalue weighted by Gasteiger charge is 2.36. The van der Waals surface area contributed by atoms with Gasteiger partial charge in [-0.3, -0.25) is 9.59 Å². The molecule has 5 rings (SSSR count). The highest BCUT2D eigenvalue weighted by molar-refractivity contribution is 6.01. The van der Waals surface area contributed by atoms with Crippen molar-refractivity contribution in [2.75, 3.05) is 32.0 Å². The van der Waals surface area contributed by atoms with E-state index in [4.69, 9.17) is 18.9 Å². The molecule has 38 heavy (non-hydrogen) atoms. The van der Waals surface area contributed by atoms with Crippen LogP contribution in [0.1, 0.15) is 42.9 Å². The molecule has 2 N–H and O–H groups in total. The molecule has 2 atom stereocenters. The van der Waals surface area contributed by atoms with Crippen LogP contribution in [0.15, 0.2) is 71.9 Å². The Labute approximate surface area is 221 Å². The standard InChI is InChI=1S/C30H30N2O6/c1-17(33)38-26-12-10-19(16-28(26)37-4)30-29-23(31-21-7-5-6-8-22(21)32-30)13-20(14-24(29)34)18-9-11-25(35-2)27(15-18)36-3/h5-12,15-16,20,30-32H,13-14H2,1-4H3/t20-,30-/m1/s1. The van der Waals surface area contributed by atoms with E-state index < -0.39 is 12.0 Å². The Morgan fingerprint density at radius 1 is 0.789 bits per heavy atom. The molecule has 2 aliphatic rings.